The molecule has 3 aromatic carbocycles. The zero-order valence-electron chi connectivity index (χ0n) is 15.7. The Morgan fingerprint density at radius 1 is 0.964 bits per heavy atom. The zero-order chi connectivity index (χ0) is 19.7. The summed E-state index contributed by atoms with van der Waals surface area (Å²) in [7, 11) is -2.31. The number of ether oxygens (including phenoxy) is 1. The van der Waals surface area contributed by atoms with Crippen LogP contribution in [-0.4, -0.2) is 21.4 Å². The molecule has 3 aromatic rings. The molecule has 0 saturated carbocycles. The molecule has 1 heterocycles. The minimum Gasteiger partial charge on any atom is -0.497 e. The molecule has 28 heavy (non-hydrogen) atoms. The molecule has 0 aliphatic carbocycles. The highest BCUT2D eigenvalue weighted by Gasteiger charge is 2.29. The molecule has 4 rings (SSSR count). The van der Waals surface area contributed by atoms with Crippen molar-refractivity contribution in [3.05, 3.63) is 83.9 Å². The molecular weight excluding hydrogens is 372 g/mol. The van der Waals surface area contributed by atoms with Crippen LogP contribution in [0.4, 0.5) is 11.4 Å². The second-order valence-corrected chi connectivity index (χ2v) is 8.24. The average Bonchev–Trinajstić information content (AvgIpc) is 3.05. The number of amidine groups is 1. The van der Waals surface area contributed by atoms with Crippen molar-refractivity contribution in [2.24, 2.45) is 4.40 Å². The Labute approximate surface area is 165 Å². The number of aryl methyl sites for hydroxylation is 1. The summed E-state index contributed by atoms with van der Waals surface area (Å²) in [5.74, 6) is 1.09. The molecule has 0 unspecified atom stereocenters. The van der Waals surface area contributed by atoms with Crippen molar-refractivity contribution in [2.75, 3.05) is 12.0 Å². The van der Waals surface area contributed by atoms with Gasteiger partial charge in [-0.15, -0.1) is 4.40 Å². The Hall–Kier alpha value is -3.12. The number of benzene rings is 3. The molecule has 0 saturated heterocycles. The summed E-state index contributed by atoms with van der Waals surface area (Å²) in [5, 5.41) is 0. The van der Waals surface area contributed by atoms with Gasteiger partial charge in [-0.25, -0.2) is 0 Å². The second-order valence-electron chi connectivity index (χ2n) is 6.64. The van der Waals surface area contributed by atoms with Crippen molar-refractivity contribution in [1.82, 2.24) is 0 Å². The molecule has 0 amide bonds. The van der Waals surface area contributed by atoms with E-state index in [1.807, 2.05) is 60.4 Å². The molecule has 0 bridgehead atoms. The molecule has 1 aliphatic heterocycles. The lowest BCUT2D eigenvalue weighted by atomic mass is 10.1. The SMILES string of the molecule is COc1ccc(S(=O)(=O)/N=C2/Cc3ccccc3N2c2cccc(C)c2)cc1. The van der Waals surface area contributed by atoms with Gasteiger partial charge in [-0.1, -0.05) is 30.3 Å². The molecule has 5 nitrogen and oxygen atoms in total. The van der Waals surface area contributed by atoms with Crippen LogP contribution in [0.2, 0.25) is 0 Å². The van der Waals surface area contributed by atoms with Crippen molar-refractivity contribution in [3.63, 3.8) is 0 Å². The van der Waals surface area contributed by atoms with Crippen molar-refractivity contribution >= 4 is 27.2 Å². The van der Waals surface area contributed by atoms with Crippen LogP contribution in [0.5, 0.6) is 5.75 Å². The first-order valence-electron chi connectivity index (χ1n) is 8.90. The number of fused-ring (bicyclic) bond motifs is 1. The average molecular weight is 392 g/mol. The van der Waals surface area contributed by atoms with E-state index in [1.165, 1.54) is 12.1 Å². The van der Waals surface area contributed by atoms with Gasteiger partial charge < -0.3 is 4.74 Å². The Bertz CT molecular complexity index is 1150. The molecule has 0 radical (unpaired) electrons. The number of methoxy groups -OCH3 is 1. The van der Waals surface area contributed by atoms with Crippen LogP contribution in [0.25, 0.3) is 0 Å². The van der Waals surface area contributed by atoms with Crippen LogP contribution in [-0.2, 0) is 16.4 Å². The van der Waals surface area contributed by atoms with Crippen molar-refractivity contribution in [1.29, 1.82) is 0 Å². The van der Waals surface area contributed by atoms with E-state index in [2.05, 4.69) is 4.40 Å². The maximum atomic E-state index is 12.9. The lowest BCUT2D eigenvalue weighted by molar-refractivity contribution is 0.414. The van der Waals surface area contributed by atoms with Gasteiger partial charge in [-0.3, -0.25) is 4.90 Å². The van der Waals surface area contributed by atoms with E-state index in [0.29, 0.717) is 18.0 Å². The number of sulfonamides is 1. The van der Waals surface area contributed by atoms with Gasteiger partial charge in [0.25, 0.3) is 10.0 Å². The number of nitrogens with zero attached hydrogens (tertiary/aromatic N) is 2. The quantitative estimate of drug-likeness (QED) is 0.657. The summed E-state index contributed by atoms with van der Waals surface area (Å²) < 4.78 is 35.2. The molecule has 0 atom stereocenters. The van der Waals surface area contributed by atoms with E-state index in [-0.39, 0.29) is 4.90 Å². The van der Waals surface area contributed by atoms with Crippen LogP contribution in [0.15, 0.2) is 82.1 Å². The van der Waals surface area contributed by atoms with Gasteiger partial charge in [-0.2, -0.15) is 8.42 Å². The maximum absolute atomic E-state index is 12.9. The normalized spacial score (nSPS) is 14.9. The smallest absolute Gasteiger partial charge is 0.283 e. The standard InChI is InChI=1S/C22H20N2O3S/c1-16-6-5-8-18(14-16)24-21-9-4-3-7-17(21)15-22(24)23-28(25,26)20-12-10-19(27-2)11-13-20/h3-14H,15H2,1-2H3/b23-22-. The van der Waals surface area contributed by atoms with Gasteiger partial charge in [0, 0.05) is 12.1 Å². The summed E-state index contributed by atoms with van der Waals surface area (Å²) in [6.07, 6.45) is 0.458. The summed E-state index contributed by atoms with van der Waals surface area (Å²) in [6.45, 7) is 2.01. The zero-order valence-corrected chi connectivity index (χ0v) is 16.5. The molecule has 142 valence electrons. The van der Waals surface area contributed by atoms with Crippen LogP contribution in [0, 0.1) is 6.92 Å². The van der Waals surface area contributed by atoms with Gasteiger partial charge in [0.15, 0.2) is 0 Å². The van der Waals surface area contributed by atoms with E-state index >= 15 is 0 Å². The minimum absolute atomic E-state index is 0.140. The van der Waals surface area contributed by atoms with Gasteiger partial charge in [0.05, 0.1) is 17.7 Å². The van der Waals surface area contributed by atoms with Gasteiger partial charge in [0.1, 0.15) is 11.6 Å². The summed E-state index contributed by atoms with van der Waals surface area (Å²) in [6, 6.07) is 22.1. The van der Waals surface area contributed by atoms with E-state index in [4.69, 9.17) is 4.74 Å². The molecule has 0 fully saturated rings. The van der Waals surface area contributed by atoms with Crippen LogP contribution >= 0.6 is 0 Å². The Kier molecular flexibility index (Phi) is 4.65. The van der Waals surface area contributed by atoms with Gasteiger partial charge in [0.2, 0.25) is 0 Å². The first-order valence-corrected chi connectivity index (χ1v) is 10.3. The van der Waals surface area contributed by atoms with E-state index in [9.17, 15) is 8.42 Å². The second kappa shape index (κ2) is 7.13. The predicted molar refractivity (Wildman–Crippen MR) is 111 cm³/mol. The Morgan fingerprint density at radius 3 is 2.43 bits per heavy atom. The number of anilines is 2. The fraction of sp³-hybridized carbons (Fsp3) is 0.136. The molecule has 0 aromatic heterocycles. The van der Waals surface area contributed by atoms with Crippen molar-refractivity contribution in [3.8, 4) is 5.75 Å². The third-order valence-electron chi connectivity index (χ3n) is 4.68. The molecule has 1 aliphatic rings. The number of rotatable bonds is 4. The molecule has 0 spiro atoms. The van der Waals surface area contributed by atoms with E-state index in [0.717, 1.165) is 22.5 Å². The largest absolute Gasteiger partial charge is 0.497 e. The lowest BCUT2D eigenvalue weighted by Gasteiger charge is -2.21. The molecule has 6 heteroatoms. The number of hydrogen-bond acceptors (Lipinski definition) is 3. The van der Waals surface area contributed by atoms with E-state index in [1.54, 1.807) is 19.2 Å². The summed E-state index contributed by atoms with van der Waals surface area (Å²) in [5.41, 5.74) is 4.00. The van der Waals surface area contributed by atoms with Gasteiger partial charge in [-0.05, 0) is 60.5 Å². The van der Waals surface area contributed by atoms with Crippen molar-refractivity contribution in [2.45, 2.75) is 18.2 Å². The lowest BCUT2D eigenvalue weighted by Crippen LogP contribution is -2.23. The minimum atomic E-state index is -3.85. The van der Waals surface area contributed by atoms with Crippen LogP contribution in [0.1, 0.15) is 11.1 Å². The van der Waals surface area contributed by atoms with Gasteiger partial charge >= 0.3 is 0 Å². The summed E-state index contributed by atoms with van der Waals surface area (Å²) in [4.78, 5) is 2.06. The maximum Gasteiger partial charge on any atom is 0.283 e. The van der Waals surface area contributed by atoms with Crippen molar-refractivity contribution < 1.29 is 13.2 Å². The Morgan fingerprint density at radius 2 is 1.71 bits per heavy atom. The Balaban J connectivity index is 1.80. The highest BCUT2D eigenvalue weighted by molar-refractivity contribution is 7.90. The number of para-hydroxylation sites is 1. The third-order valence-corrected chi connectivity index (χ3v) is 6.00. The molecular formula is C22H20N2O3S. The highest BCUT2D eigenvalue weighted by atomic mass is 32.2. The fourth-order valence-corrected chi connectivity index (χ4v) is 4.34. The third kappa shape index (κ3) is 3.39. The predicted octanol–water partition coefficient (Wildman–Crippen LogP) is 4.49. The number of hydrogen-bond donors (Lipinski definition) is 0. The highest BCUT2D eigenvalue weighted by Crippen LogP contribution is 2.36. The first-order chi connectivity index (χ1) is 13.5. The fourth-order valence-electron chi connectivity index (χ4n) is 3.33. The van der Waals surface area contributed by atoms with Crippen LogP contribution in [0.3, 0.4) is 0 Å². The molecule has 0 N–H and O–H groups in total. The van der Waals surface area contributed by atoms with E-state index < -0.39 is 10.0 Å². The monoisotopic (exact) mass is 392 g/mol. The first kappa shape index (κ1) is 18.3. The summed E-state index contributed by atoms with van der Waals surface area (Å²) >= 11 is 0. The van der Waals surface area contributed by atoms with Crippen LogP contribution < -0.4 is 9.64 Å². The topological polar surface area (TPSA) is 59.0 Å².